The molecule has 8 nitrogen and oxygen atoms in total. The molecule has 0 rings (SSSR count). The van der Waals surface area contributed by atoms with E-state index < -0.39 is 18.1 Å². The van der Waals surface area contributed by atoms with E-state index in [1.165, 1.54) is 44.9 Å². The number of allylic oxidation sites excluding steroid dienone is 6. The maximum absolute atomic E-state index is 12.6. The van der Waals surface area contributed by atoms with Gasteiger partial charge in [0, 0.05) is 19.3 Å². The molecule has 0 aromatic rings. The molecule has 2 atom stereocenters. The number of nitrogens with zero attached hydrogens (tertiary/aromatic N) is 1. The molecule has 0 fully saturated rings. The van der Waals surface area contributed by atoms with E-state index in [1.807, 2.05) is 0 Å². The van der Waals surface area contributed by atoms with Gasteiger partial charge >= 0.3 is 11.9 Å². The molecule has 2 unspecified atom stereocenters. The van der Waals surface area contributed by atoms with Gasteiger partial charge in [0.05, 0.1) is 40.3 Å². The van der Waals surface area contributed by atoms with E-state index >= 15 is 0 Å². The Labute approximate surface area is 281 Å². The molecule has 0 spiro atoms. The molecule has 0 bridgehead atoms. The average molecular weight is 650 g/mol. The van der Waals surface area contributed by atoms with Crippen LogP contribution < -0.4 is 5.11 Å². The van der Waals surface area contributed by atoms with Gasteiger partial charge in [-0.3, -0.25) is 9.59 Å². The third-order valence-corrected chi connectivity index (χ3v) is 7.85. The second-order valence-corrected chi connectivity index (χ2v) is 13.1. The smallest absolute Gasteiger partial charge is 0.306 e. The Hall–Kier alpha value is -2.45. The van der Waals surface area contributed by atoms with Gasteiger partial charge in [0.25, 0.3) is 0 Å². The first-order valence-corrected chi connectivity index (χ1v) is 18.0. The topological polar surface area (TPSA) is 102 Å². The van der Waals surface area contributed by atoms with Gasteiger partial charge in [0.2, 0.25) is 0 Å². The van der Waals surface area contributed by atoms with Gasteiger partial charge in [0.1, 0.15) is 12.6 Å². The highest BCUT2D eigenvalue weighted by Gasteiger charge is 2.25. The molecular formula is C38H67NO7. The normalized spacial score (nSPS) is 13.5. The first-order chi connectivity index (χ1) is 22.1. The van der Waals surface area contributed by atoms with Crippen LogP contribution in [0.15, 0.2) is 36.5 Å². The maximum Gasteiger partial charge on any atom is 0.306 e. The Morgan fingerprint density at radius 3 is 1.78 bits per heavy atom. The highest BCUT2D eigenvalue weighted by atomic mass is 16.6. The van der Waals surface area contributed by atoms with Gasteiger partial charge in [-0.05, 0) is 32.1 Å². The van der Waals surface area contributed by atoms with Gasteiger partial charge < -0.3 is 28.6 Å². The summed E-state index contributed by atoms with van der Waals surface area (Å²) in [5.74, 6) is -1.76. The maximum atomic E-state index is 12.6. The number of quaternary nitrogens is 1. The quantitative estimate of drug-likeness (QED) is 0.0334. The molecule has 0 saturated heterocycles. The van der Waals surface area contributed by atoms with E-state index in [9.17, 15) is 19.5 Å². The molecular weight excluding hydrogens is 582 g/mol. The summed E-state index contributed by atoms with van der Waals surface area (Å²) in [6, 6.07) is -0.724. The molecule has 0 saturated carbocycles. The van der Waals surface area contributed by atoms with E-state index in [1.54, 1.807) is 21.1 Å². The lowest BCUT2D eigenvalue weighted by molar-refractivity contribution is -0.889. The van der Waals surface area contributed by atoms with Crippen LogP contribution in [0.3, 0.4) is 0 Å². The van der Waals surface area contributed by atoms with Gasteiger partial charge in [-0.15, -0.1) is 0 Å². The fourth-order valence-corrected chi connectivity index (χ4v) is 5.01. The third-order valence-electron chi connectivity index (χ3n) is 7.85. The first-order valence-electron chi connectivity index (χ1n) is 18.0. The van der Waals surface area contributed by atoms with Crippen molar-refractivity contribution in [1.29, 1.82) is 0 Å². The highest BCUT2D eigenvalue weighted by Crippen LogP contribution is 2.13. The van der Waals surface area contributed by atoms with Crippen LogP contribution in [0.1, 0.15) is 136 Å². The number of ether oxygens (including phenoxy) is 3. The van der Waals surface area contributed by atoms with Gasteiger partial charge in [-0.2, -0.15) is 0 Å². The molecule has 0 aromatic carbocycles. The lowest BCUT2D eigenvalue weighted by Crippen LogP contribution is -2.55. The van der Waals surface area contributed by atoms with E-state index in [4.69, 9.17) is 14.2 Å². The van der Waals surface area contributed by atoms with Crippen LogP contribution in [-0.2, 0) is 28.6 Å². The van der Waals surface area contributed by atoms with Crippen molar-refractivity contribution in [2.75, 3.05) is 41.0 Å². The SMILES string of the molecule is CC/C=C/C=C/C=C/CCCCCCCCCC(=O)OC(COCCC(C(=O)[O-])[N+](C)(C)C)COC(=O)CCCCCCCCC. The Kier molecular flexibility index (Phi) is 28.3. The number of rotatable bonds is 31. The van der Waals surface area contributed by atoms with Crippen molar-refractivity contribution in [2.24, 2.45) is 0 Å². The number of hydrogen-bond acceptors (Lipinski definition) is 7. The van der Waals surface area contributed by atoms with Crippen molar-refractivity contribution in [2.45, 2.75) is 148 Å². The van der Waals surface area contributed by atoms with Crippen molar-refractivity contribution < 1.29 is 38.2 Å². The van der Waals surface area contributed by atoms with Gasteiger partial charge in [-0.1, -0.05) is 121 Å². The van der Waals surface area contributed by atoms with E-state index in [2.05, 4.69) is 50.3 Å². The number of likely N-dealkylation sites (N-methyl/N-ethyl adjacent to an activating group) is 1. The predicted molar refractivity (Wildman–Crippen MR) is 185 cm³/mol. The van der Waals surface area contributed by atoms with Crippen LogP contribution in [0.2, 0.25) is 0 Å². The summed E-state index contributed by atoms with van der Waals surface area (Å²) in [7, 11) is 5.38. The molecule has 0 aliphatic heterocycles. The summed E-state index contributed by atoms with van der Waals surface area (Å²) in [4.78, 5) is 36.4. The number of carboxylic acids is 1. The lowest BCUT2D eigenvalue weighted by Gasteiger charge is -2.34. The zero-order valence-electron chi connectivity index (χ0n) is 30.0. The summed E-state index contributed by atoms with van der Waals surface area (Å²) in [5.41, 5.74) is 0. The molecule has 0 radical (unpaired) electrons. The largest absolute Gasteiger partial charge is 0.544 e. The highest BCUT2D eigenvalue weighted by molar-refractivity contribution is 5.70. The average Bonchev–Trinajstić information content (AvgIpc) is 3.00. The molecule has 0 aromatic heterocycles. The molecule has 0 heterocycles. The number of carbonyl (C=O) groups excluding carboxylic acids is 3. The lowest BCUT2D eigenvalue weighted by atomic mass is 10.1. The van der Waals surface area contributed by atoms with Crippen LogP contribution in [-0.4, -0.2) is 75.5 Å². The Bertz CT molecular complexity index is 860. The minimum absolute atomic E-state index is 0.0364. The minimum Gasteiger partial charge on any atom is -0.544 e. The van der Waals surface area contributed by atoms with Crippen molar-refractivity contribution in [1.82, 2.24) is 0 Å². The molecule has 0 aliphatic rings. The Morgan fingerprint density at radius 2 is 1.22 bits per heavy atom. The van der Waals surface area contributed by atoms with Gasteiger partial charge in [0.15, 0.2) is 6.10 Å². The molecule has 0 N–H and O–H groups in total. The van der Waals surface area contributed by atoms with Crippen LogP contribution in [0, 0.1) is 0 Å². The number of esters is 2. The predicted octanol–water partition coefficient (Wildman–Crippen LogP) is 7.40. The summed E-state index contributed by atoms with van der Waals surface area (Å²) in [6.07, 6.45) is 30.4. The summed E-state index contributed by atoms with van der Waals surface area (Å²) >= 11 is 0. The van der Waals surface area contributed by atoms with Crippen molar-refractivity contribution >= 4 is 17.9 Å². The van der Waals surface area contributed by atoms with E-state index in [-0.39, 0.29) is 42.7 Å². The monoisotopic (exact) mass is 649 g/mol. The number of carboxylic acid groups (broad SMARTS) is 1. The van der Waals surface area contributed by atoms with E-state index in [0.717, 1.165) is 57.8 Å². The van der Waals surface area contributed by atoms with Gasteiger partial charge in [-0.25, -0.2) is 0 Å². The minimum atomic E-state index is -1.13. The molecule has 8 heteroatoms. The van der Waals surface area contributed by atoms with Crippen LogP contribution in [0.25, 0.3) is 0 Å². The number of aliphatic carboxylic acids is 1. The second-order valence-electron chi connectivity index (χ2n) is 13.1. The zero-order chi connectivity index (χ0) is 34.3. The number of hydrogen-bond donors (Lipinski definition) is 0. The molecule has 0 amide bonds. The first kappa shape index (κ1) is 43.5. The van der Waals surface area contributed by atoms with Crippen LogP contribution >= 0.6 is 0 Å². The summed E-state index contributed by atoms with van der Waals surface area (Å²) < 4.78 is 17.0. The summed E-state index contributed by atoms with van der Waals surface area (Å²) in [6.45, 7) is 4.45. The fraction of sp³-hybridized carbons (Fsp3) is 0.763. The third kappa shape index (κ3) is 27.8. The van der Waals surface area contributed by atoms with E-state index in [0.29, 0.717) is 12.8 Å². The fourth-order valence-electron chi connectivity index (χ4n) is 5.01. The zero-order valence-corrected chi connectivity index (χ0v) is 30.0. The number of carbonyl (C=O) groups is 3. The van der Waals surface area contributed by atoms with Crippen LogP contribution in [0.5, 0.6) is 0 Å². The van der Waals surface area contributed by atoms with Crippen molar-refractivity contribution in [3.8, 4) is 0 Å². The standard InChI is InChI=1S/C38H67NO7/c1-6-8-10-12-14-15-16-17-18-19-20-21-23-25-27-29-37(41)46-34(32-44-31-30-35(38(42)43)39(3,4)5)33-45-36(40)28-26-24-22-13-11-9-7-2/h8,10,12,14-16,34-35H,6-7,9,11,13,17-33H2,1-5H3/b10-8+,14-12+,16-15+. The Balaban J connectivity index is 4.42. The Morgan fingerprint density at radius 1 is 0.674 bits per heavy atom. The van der Waals surface area contributed by atoms with Crippen molar-refractivity contribution in [3.05, 3.63) is 36.5 Å². The molecule has 0 aliphatic carbocycles. The van der Waals surface area contributed by atoms with Crippen molar-refractivity contribution in [3.63, 3.8) is 0 Å². The number of unbranched alkanes of at least 4 members (excludes halogenated alkanes) is 13. The molecule has 266 valence electrons. The molecule has 46 heavy (non-hydrogen) atoms. The van der Waals surface area contributed by atoms with Crippen LogP contribution in [0.4, 0.5) is 0 Å². The summed E-state index contributed by atoms with van der Waals surface area (Å²) in [5, 5.41) is 11.5. The second kappa shape index (κ2) is 29.9.